The standard InChI is InChI=1S/C59H74O34/c1-25(64)81-23-37-50(87-39(68)16-12-27-10-14-30(66)32(18-27)80-3)51(89-57-48(77)45(74)49(36(22-63)85-57)88-55-46(75)43(72)40(69)33(19-60)83-55)52(90-56-47(76)44(73)41(70)34(20-61)84-56)58(86-37)93-59(24-82-38(67)15-11-26-9-13-29(65)31(17-26)79-2)53(42(71)35(21-62)92-59)91-54(78)28-7-5-4-6-8-28/h4-18,33-37,40-53,55-58,60-63,65-66,69-77H,19-24H2,1-3H3/t33-,34+,35+,36+,37+,40+,41+,42+,43-,44-,45-,46+,47-,48+,49+,50-,51+,52-,53-,55-,56+,57-,58-,59+/m1/s1. The lowest BCUT2D eigenvalue weighted by Gasteiger charge is -2.51. The van der Waals surface area contributed by atoms with Gasteiger partial charge < -0.3 is 148 Å². The third-order valence-corrected chi connectivity index (χ3v) is 15.5. The highest BCUT2D eigenvalue weighted by Gasteiger charge is 2.64. The van der Waals surface area contributed by atoms with Gasteiger partial charge in [0.2, 0.25) is 5.79 Å². The van der Waals surface area contributed by atoms with Crippen LogP contribution >= 0.6 is 0 Å². The molecule has 34 nitrogen and oxygen atoms in total. The number of carbonyl (C=O) groups is 4. The molecule has 15 N–H and O–H groups in total. The van der Waals surface area contributed by atoms with E-state index in [9.17, 15) is 95.8 Å². The van der Waals surface area contributed by atoms with Crippen molar-refractivity contribution in [1.29, 1.82) is 0 Å². The molecule has 0 amide bonds. The van der Waals surface area contributed by atoms with Gasteiger partial charge in [0.1, 0.15) is 117 Å². The number of aliphatic hydroxyl groups excluding tert-OH is 13. The molecular weight excluding hydrogens is 1250 g/mol. The van der Waals surface area contributed by atoms with Gasteiger partial charge >= 0.3 is 23.9 Å². The lowest BCUT2D eigenvalue weighted by molar-refractivity contribution is -0.423. The van der Waals surface area contributed by atoms with E-state index in [2.05, 4.69) is 0 Å². The van der Waals surface area contributed by atoms with Crippen molar-refractivity contribution < 1.29 is 167 Å². The maximum atomic E-state index is 14.3. The lowest BCUT2D eigenvalue weighted by Crippen LogP contribution is -2.69. The summed E-state index contributed by atoms with van der Waals surface area (Å²) in [7, 11) is 2.52. The highest BCUT2D eigenvalue weighted by Crippen LogP contribution is 2.43. The van der Waals surface area contributed by atoms with Crippen LogP contribution in [0, 0.1) is 0 Å². The predicted octanol–water partition coefficient (Wildman–Crippen LogP) is -5.53. The van der Waals surface area contributed by atoms with Crippen LogP contribution in [0.3, 0.4) is 0 Å². The molecule has 0 aromatic heterocycles. The first-order valence-electron chi connectivity index (χ1n) is 28.8. The number of phenols is 2. The predicted molar refractivity (Wildman–Crippen MR) is 301 cm³/mol. The Bertz CT molecular complexity index is 3020. The third kappa shape index (κ3) is 16.7. The monoisotopic (exact) mass is 1330 g/mol. The summed E-state index contributed by atoms with van der Waals surface area (Å²) in [6.07, 6.45) is -45.1. The van der Waals surface area contributed by atoms with E-state index in [1.54, 1.807) is 6.07 Å². The summed E-state index contributed by atoms with van der Waals surface area (Å²) in [5.74, 6) is -8.33. The Morgan fingerprint density at radius 2 is 0.978 bits per heavy atom. The normalized spacial score (nSPS) is 36.3. The second-order valence-corrected chi connectivity index (χ2v) is 21.7. The van der Waals surface area contributed by atoms with Crippen molar-refractivity contribution in [2.75, 3.05) is 53.9 Å². The SMILES string of the molecule is COc1cc(C=CC(=O)OC[C@@]2(O[C@H]3O[C@@H](COC(C)=O)[C@@H](OC(=O)C=Cc4ccc(O)c(OC)c4)[C@H](O[C@H]4O[C@@H](CO)[C@H](O[C@H]5O[C@H](CO)[C@H](O)[C@@H](O)[C@@H]5O)[C@H](O)[C@@H]4O)[C@H]3O[C@@H]3O[C@@H](CO)[C@H](O)[C@@H](O)[C@H]3O)O[C@@H](CO)[C@H](O)[C@H]2OC(=O)c2ccccc2)ccc1O. The molecule has 93 heavy (non-hydrogen) atoms. The molecule has 0 bridgehead atoms. The van der Waals surface area contributed by atoms with Crippen molar-refractivity contribution in [1.82, 2.24) is 0 Å². The zero-order valence-electron chi connectivity index (χ0n) is 49.6. The molecule has 24 atom stereocenters. The second kappa shape index (κ2) is 32.2. The minimum Gasteiger partial charge on any atom is -0.504 e. The van der Waals surface area contributed by atoms with Crippen LogP contribution in [0.15, 0.2) is 78.9 Å². The quantitative estimate of drug-likeness (QED) is 0.0214. The molecule has 3 aromatic rings. The van der Waals surface area contributed by atoms with Gasteiger partial charge in [-0.15, -0.1) is 0 Å². The molecule has 0 unspecified atom stereocenters. The zero-order valence-corrected chi connectivity index (χ0v) is 49.6. The highest BCUT2D eigenvalue weighted by molar-refractivity contribution is 5.90. The Hall–Kier alpha value is -6.66. The fraction of sp³-hybridized carbons (Fsp3) is 0.559. The number of ether oxygens (including phenoxy) is 15. The fourth-order valence-corrected chi connectivity index (χ4v) is 10.6. The summed E-state index contributed by atoms with van der Waals surface area (Å²) < 4.78 is 88.4. The van der Waals surface area contributed by atoms with Crippen molar-refractivity contribution in [3.05, 3.63) is 95.6 Å². The average Bonchev–Trinajstić information content (AvgIpc) is 1.72. The summed E-state index contributed by atoms with van der Waals surface area (Å²) >= 11 is 0. The topological polar surface area (TPSA) is 510 Å². The Kier molecular flexibility index (Phi) is 25.0. The van der Waals surface area contributed by atoms with Gasteiger partial charge in [0.15, 0.2) is 60.4 Å². The van der Waals surface area contributed by atoms with Gasteiger partial charge in [0.05, 0.1) is 46.2 Å². The molecule has 3 aromatic carbocycles. The first-order valence-corrected chi connectivity index (χ1v) is 28.8. The number of rotatable bonds is 25. The number of phenolic OH excluding ortho intramolecular Hbond substituents is 2. The van der Waals surface area contributed by atoms with Gasteiger partial charge in [-0.2, -0.15) is 0 Å². The number of aromatic hydroxyl groups is 2. The number of benzene rings is 3. The first-order chi connectivity index (χ1) is 44.4. The Morgan fingerprint density at radius 3 is 1.49 bits per heavy atom. The molecule has 5 fully saturated rings. The summed E-state index contributed by atoms with van der Waals surface area (Å²) in [6.45, 7) is -5.62. The Labute approximate surface area is 527 Å². The molecule has 0 saturated carbocycles. The molecule has 5 heterocycles. The molecule has 0 aliphatic carbocycles. The number of hydrogen-bond acceptors (Lipinski definition) is 34. The van der Waals surface area contributed by atoms with Crippen molar-refractivity contribution in [3.63, 3.8) is 0 Å². The molecule has 8 rings (SSSR count). The van der Waals surface area contributed by atoms with Crippen LogP contribution in [0.5, 0.6) is 23.0 Å². The van der Waals surface area contributed by atoms with Gasteiger partial charge in [-0.05, 0) is 59.7 Å². The molecule has 5 aliphatic rings. The van der Waals surface area contributed by atoms with Crippen LogP contribution in [-0.4, -0.2) is 301 Å². The summed E-state index contributed by atoms with van der Waals surface area (Å²) in [5, 5.41) is 164. The van der Waals surface area contributed by atoms with E-state index in [-0.39, 0.29) is 39.7 Å². The van der Waals surface area contributed by atoms with E-state index >= 15 is 0 Å². The van der Waals surface area contributed by atoms with Gasteiger partial charge in [0.25, 0.3) is 0 Å². The third-order valence-electron chi connectivity index (χ3n) is 15.5. The van der Waals surface area contributed by atoms with E-state index in [1.807, 2.05) is 0 Å². The lowest BCUT2D eigenvalue weighted by atomic mass is 9.95. The van der Waals surface area contributed by atoms with Gasteiger partial charge in [-0.25, -0.2) is 14.4 Å². The van der Waals surface area contributed by atoms with Crippen LogP contribution < -0.4 is 9.47 Å². The van der Waals surface area contributed by atoms with Crippen molar-refractivity contribution in [2.45, 2.75) is 154 Å². The maximum absolute atomic E-state index is 14.3. The molecule has 514 valence electrons. The van der Waals surface area contributed by atoms with E-state index in [0.29, 0.717) is 0 Å². The number of hydrogen-bond donors (Lipinski definition) is 15. The second-order valence-electron chi connectivity index (χ2n) is 21.7. The number of aliphatic hydroxyl groups is 13. The minimum atomic E-state index is -3.01. The van der Waals surface area contributed by atoms with E-state index in [0.717, 1.165) is 19.1 Å². The number of carbonyl (C=O) groups excluding carboxylic acids is 4. The molecule has 34 heteroatoms. The van der Waals surface area contributed by atoms with Crippen LogP contribution in [0.25, 0.3) is 12.2 Å². The van der Waals surface area contributed by atoms with E-state index in [4.69, 9.17) is 71.1 Å². The molecule has 0 radical (unpaired) electrons. The largest absolute Gasteiger partial charge is 0.504 e. The summed E-state index contributed by atoms with van der Waals surface area (Å²) in [5.41, 5.74) is 0.342. The van der Waals surface area contributed by atoms with Crippen molar-refractivity contribution in [3.8, 4) is 23.0 Å². The molecule has 0 spiro atoms. The zero-order chi connectivity index (χ0) is 67.6. The van der Waals surface area contributed by atoms with Gasteiger partial charge in [-0.1, -0.05) is 30.3 Å². The van der Waals surface area contributed by atoms with E-state index < -0.39 is 210 Å². The van der Waals surface area contributed by atoms with Crippen molar-refractivity contribution >= 4 is 36.0 Å². The Balaban J connectivity index is 1.27. The Morgan fingerprint density at radius 1 is 0.495 bits per heavy atom. The smallest absolute Gasteiger partial charge is 0.338 e. The fourth-order valence-electron chi connectivity index (χ4n) is 10.6. The molecular formula is C59H74O34. The van der Waals surface area contributed by atoms with Crippen molar-refractivity contribution in [2.24, 2.45) is 0 Å². The first kappa shape index (κ1) is 72.2. The van der Waals surface area contributed by atoms with Crippen LogP contribution in [0.4, 0.5) is 0 Å². The van der Waals surface area contributed by atoms with Crippen LogP contribution in [-0.2, 0) is 76.0 Å². The van der Waals surface area contributed by atoms with Gasteiger partial charge in [-0.3, -0.25) is 4.79 Å². The van der Waals surface area contributed by atoms with Crippen LogP contribution in [0.1, 0.15) is 28.4 Å². The number of methoxy groups -OCH3 is 2. The van der Waals surface area contributed by atoms with E-state index in [1.165, 1.54) is 87.0 Å². The van der Waals surface area contributed by atoms with Gasteiger partial charge in [0, 0.05) is 19.1 Å². The maximum Gasteiger partial charge on any atom is 0.338 e. The average molecular weight is 1330 g/mol. The molecule has 5 aliphatic heterocycles. The van der Waals surface area contributed by atoms with Crippen LogP contribution in [0.2, 0.25) is 0 Å². The minimum absolute atomic E-state index is 0.00850. The summed E-state index contributed by atoms with van der Waals surface area (Å²) in [6, 6.07) is 14.9. The summed E-state index contributed by atoms with van der Waals surface area (Å²) in [4.78, 5) is 55.1. The molecule has 5 saturated heterocycles. The highest BCUT2D eigenvalue weighted by atomic mass is 16.8. The number of esters is 4.